The number of pyridine rings is 1. The van der Waals surface area contributed by atoms with Crippen molar-refractivity contribution in [1.82, 2.24) is 24.9 Å². The quantitative estimate of drug-likeness (QED) is 0.697. The summed E-state index contributed by atoms with van der Waals surface area (Å²) < 4.78 is 7.55. The Labute approximate surface area is 157 Å². The van der Waals surface area contributed by atoms with E-state index in [2.05, 4.69) is 15.3 Å². The first-order chi connectivity index (χ1) is 13.2. The third kappa shape index (κ3) is 3.97. The maximum atomic E-state index is 12.6. The normalized spacial score (nSPS) is 16.5. The number of carbonyl (C=O) groups excluding carboxylic acids is 1. The lowest BCUT2D eigenvalue weighted by atomic mass is 10.2. The Morgan fingerprint density at radius 1 is 1.22 bits per heavy atom. The van der Waals surface area contributed by atoms with Crippen molar-refractivity contribution < 1.29 is 9.53 Å². The zero-order valence-electron chi connectivity index (χ0n) is 15.2. The lowest BCUT2D eigenvalue weighted by Crippen LogP contribution is -2.29. The number of benzene rings is 1. The van der Waals surface area contributed by atoms with Crippen LogP contribution in [0.5, 0.6) is 5.75 Å². The van der Waals surface area contributed by atoms with Gasteiger partial charge in [0, 0.05) is 25.0 Å². The van der Waals surface area contributed by atoms with E-state index in [9.17, 15) is 4.79 Å². The van der Waals surface area contributed by atoms with Gasteiger partial charge in [-0.15, -0.1) is 5.10 Å². The van der Waals surface area contributed by atoms with E-state index in [0.29, 0.717) is 25.3 Å². The van der Waals surface area contributed by atoms with Gasteiger partial charge in [-0.25, -0.2) is 4.68 Å². The van der Waals surface area contributed by atoms with Crippen LogP contribution in [0, 0.1) is 6.92 Å². The third-order valence-corrected chi connectivity index (χ3v) is 4.67. The average molecular weight is 363 g/mol. The largest absolute Gasteiger partial charge is 0.487 e. The Morgan fingerprint density at radius 3 is 2.85 bits per heavy atom. The molecule has 2 aromatic heterocycles. The van der Waals surface area contributed by atoms with Crippen LogP contribution in [0.4, 0.5) is 0 Å². The van der Waals surface area contributed by atoms with Crippen LogP contribution in [0.25, 0.3) is 0 Å². The number of hydrogen-bond acceptors (Lipinski definition) is 5. The van der Waals surface area contributed by atoms with Crippen molar-refractivity contribution >= 4 is 5.91 Å². The first-order valence-electron chi connectivity index (χ1n) is 8.99. The zero-order chi connectivity index (χ0) is 18.6. The molecule has 0 spiro atoms. The lowest BCUT2D eigenvalue weighted by molar-refractivity contribution is 0.0786. The van der Waals surface area contributed by atoms with E-state index < -0.39 is 0 Å². The van der Waals surface area contributed by atoms with Gasteiger partial charge in [-0.05, 0) is 37.6 Å². The summed E-state index contributed by atoms with van der Waals surface area (Å²) in [5.41, 5.74) is 2.29. The fraction of sp³-hybridized carbons (Fsp3) is 0.300. The number of aromatic nitrogens is 4. The highest BCUT2D eigenvalue weighted by Crippen LogP contribution is 2.22. The number of likely N-dealkylation sites (tertiary alicyclic amines) is 1. The van der Waals surface area contributed by atoms with Crippen molar-refractivity contribution in [3.8, 4) is 5.75 Å². The molecule has 0 radical (unpaired) electrons. The lowest BCUT2D eigenvalue weighted by Gasteiger charge is -2.16. The van der Waals surface area contributed by atoms with Crippen LogP contribution < -0.4 is 4.74 Å². The van der Waals surface area contributed by atoms with Gasteiger partial charge in [0.1, 0.15) is 18.1 Å². The van der Waals surface area contributed by atoms with Gasteiger partial charge >= 0.3 is 0 Å². The smallest absolute Gasteiger partial charge is 0.255 e. The summed E-state index contributed by atoms with van der Waals surface area (Å²) >= 11 is 0. The Balaban J connectivity index is 1.35. The molecule has 138 valence electrons. The Bertz CT molecular complexity index is 908. The Kier molecular flexibility index (Phi) is 4.82. The summed E-state index contributed by atoms with van der Waals surface area (Å²) in [5.74, 6) is 0.814. The van der Waals surface area contributed by atoms with Crippen LogP contribution in [0.2, 0.25) is 0 Å². The molecule has 1 aliphatic rings. The summed E-state index contributed by atoms with van der Waals surface area (Å²) in [5, 5.41) is 8.41. The van der Waals surface area contributed by atoms with E-state index in [1.165, 1.54) is 0 Å². The third-order valence-electron chi connectivity index (χ3n) is 4.67. The SMILES string of the molecule is Cc1ccc(C(=O)N2CCC(n3cc(COc4ccccc4)nn3)C2)cn1. The monoisotopic (exact) mass is 363 g/mol. The van der Waals surface area contributed by atoms with Gasteiger partial charge in [-0.1, -0.05) is 23.4 Å². The van der Waals surface area contributed by atoms with Crippen LogP contribution in [-0.2, 0) is 6.61 Å². The van der Waals surface area contributed by atoms with Gasteiger partial charge in [0.2, 0.25) is 0 Å². The van der Waals surface area contributed by atoms with Crippen molar-refractivity contribution in [1.29, 1.82) is 0 Å². The molecule has 1 atom stereocenters. The molecule has 1 aromatic carbocycles. The molecule has 0 N–H and O–H groups in total. The number of hydrogen-bond donors (Lipinski definition) is 0. The molecule has 1 fully saturated rings. The highest BCUT2D eigenvalue weighted by molar-refractivity contribution is 5.94. The molecule has 7 nitrogen and oxygen atoms in total. The average Bonchev–Trinajstić information content (AvgIpc) is 3.37. The minimum absolute atomic E-state index is 0.0118. The Morgan fingerprint density at radius 2 is 2.07 bits per heavy atom. The first-order valence-corrected chi connectivity index (χ1v) is 8.99. The van der Waals surface area contributed by atoms with Crippen LogP contribution in [0.1, 0.15) is 34.2 Å². The molecular weight excluding hydrogens is 342 g/mol. The van der Waals surface area contributed by atoms with Crippen LogP contribution in [-0.4, -0.2) is 43.9 Å². The summed E-state index contributed by atoms with van der Waals surface area (Å²) in [6, 6.07) is 13.4. The number of nitrogens with zero attached hydrogens (tertiary/aromatic N) is 5. The van der Waals surface area contributed by atoms with Crippen molar-refractivity contribution in [3.05, 3.63) is 71.8 Å². The van der Waals surface area contributed by atoms with Crippen molar-refractivity contribution in [3.63, 3.8) is 0 Å². The molecule has 0 saturated carbocycles. The number of rotatable bonds is 5. The number of amides is 1. The molecule has 1 saturated heterocycles. The molecule has 1 unspecified atom stereocenters. The summed E-state index contributed by atoms with van der Waals surface area (Å²) in [6.45, 7) is 3.60. The van der Waals surface area contributed by atoms with Gasteiger partial charge in [0.05, 0.1) is 17.8 Å². The van der Waals surface area contributed by atoms with Crippen LogP contribution in [0.15, 0.2) is 54.9 Å². The predicted molar refractivity (Wildman–Crippen MR) is 99.3 cm³/mol. The molecule has 3 aromatic rings. The number of aryl methyl sites for hydroxylation is 1. The minimum Gasteiger partial charge on any atom is -0.487 e. The zero-order valence-corrected chi connectivity index (χ0v) is 15.2. The van der Waals surface area contributed by atoms with Crippen LogP contribution in [0.3, 0.4) is 0 Å². The highest BCUT2D eigenvalue weighted by atomic mass is 16.5. The maximum Gasteiger partial charge on any atom is 0.255 e. The van der Waals surface area contributed by atoms with E-state index in [0.717, 1.165) is 23.6 Å². The fourth-order valence-corrected chi connectivity index (χ4v) is 3.15. The second-order valence-corrected chi connectivity index (χ2v) is 6.67. The maximum absolute atomic E-state index is 12.6. The molecule has 1 aliphatic heterocycles. The van der Waals surface area contributed by atoms with Crippen molar-refractivity contribution in [2.75, 3.05) is 13.1 Å². The first kappa shape index (κ1) is 17.2. The van der Waals surface area contributed by atoms with E-state index in [-0.39, 0.29) is 11.9 Å². The molecular formula is C20H21N5O2. The highest BCUT2D eigenvalue weighted by Gasteiger charge is 2.29. The van der Waals surface area contributed by atoms with Crippen molar-refractivity contribution in [2.24, 2.45) is 0 Å². The van der Waals surface area contributed by atoms with E-state index in [1.807, 2.05) is 65.2 Å². The summed E-state index contributed by atoms with van der Waals surface area (Å²) in [4.78, 5) is 18.7. The molecule has 0 bridgehead atoms. The van der Waals surface area contributed by atoms with E-state index in [4.69, 9.17) is 4.74 Å². The van der Waals surface area contributed by atoms with Gasteiger partial charge in [0.25, 0.3) is 5.91 Å². The number of ether oxygens (including phenoxy) is 1. The topological polar surface area (TPSA) is 73.1 Å². The van der Waals surface area contributed by atoms with E-state index >= 15 is 0 Å². The summed E-state index contributed by atoms with van der Waals surface area (Å²) in [7, 11) is 0. The standard InChI is InChI=1S/C20H21N5O2/c1-15-7-8-16(11-21-15)20(26)24-10-9-18(13-24)25-12-17(22-23-25)14-27-19-5-3-2-4-6-19/h2-8,11-12,18H,9-10,13-14H2,1H3. The molecule has 1 amide bonds. The second kappa shape index (κ2) is 7.57. The van der Waals surface area contributed by atoms with Crippen LogP contribution >= 0.6 is 0 Å². The minimum atomic E-state index is 0.0118. The van der Waals surface area contributed by atoms with Gasteiger partial charge in [-0.3, -0.25) is 9.78 Å². The molecule has 4 rings (SSSR count). The summed E-state index contributed by atoms with van der Waals surface area (Å²) in [6.07, 6.45) is 4.39. The second-order valence-electron chi connectivity index (χ2n) is 6.67. The predicted octanol–water partition coefficient (Wildman–Crippen LogP) is 2.65. The molecule has 3 heterocycles. The van der Waals surface area contributed by atoms with Crippen molar-refractivity contribution in [2.45, 2.75) is 26.0 Å². The molecule has 7 heteroatoms. The van der Waals surface area contributed by atoms with Gasteiger partial charge in [0.15, 0.2) is 0 Å². The molecule has 0 aliphatic carbocycles. The van der Waals surface area contributed by atoms with Gasteiger partial charge < -0.3 is 9.64 Å². The number of carbonyl (C=O) groups is 1. The van der Waals surface area contributed by atoms with Gasteiger partial charge in [-0.2, -0.15) is 0 Å². The Hall–Kier alpha value is -3.22. The van der Waals surface area contributed by atoms with E-state index in [1.54, 1.807) is 6.20 Å². The fourth-order valence-electron chi connectivity index (χ4n) is 3.15. The molecule has 27 heavy (non-hydrogen) atoms. The number of para-hydroxylation sites is 1.